The molecule has 4 heteroatoms. The van der Waals surface area contributed by atoms with Gasteiger partial charge in [-0.3, -0.25) is 0 Å². The van der Waals surface area contributed by atoms with E-state index < -0.39 is 5.60 Å². The van der Waals surface area contributed by atoms with Crippen LogP contribution in [0.4, 0.5) is 0 Å². The average Bonchev–Trinajstić information content (AvgIpc) is 3.17. The van der Waals surface area contributed by atoms with Crippen LogP contribution >= 0.6 is 0 Å². The van der Waals surface area contributed by atoms with E-state index >= 15 is 0 Å². The Morgan fingerprint density at radius 3 is 2.79 bits per heavy atom. The van der Waals surface area contributed by atoms with Crippen LogP contribution in [0, 0.1) is 17.8 Å². The third-order valence-corrected chi connectivity index (χ3v) is 6.57. The van der Waals surface area contributed by atoms with Crippen molar-refractivity contribution in [1.29, 1.82) is 0 Å². The van der Waals surface area contributed by atoms with Crippen molar-refractivity contribution in [3.05, 3.63) is 23.8 Å². The van der Waals surface area contributed by atoms with Gasteiger partial charge in [0.05, 0.1) is 18.3 Å². The molecule has 2 rings (SSSR count). The molecule has 4 nitrogen and oxygen atoms in total. The molecule has 0 bridgehead atoms. The summed E-state index contributed by atoms with van der Waals surface area (Å²) in [6, 6.07) is 0. The number of unbranched alkanes of at least 4 members (excludes halogenated alkanes) is 3. The largest absolute Gasteiger partial charge is 0.395 e. The maximum atomic E-state index is 10.5. The van der Waals surface area contributed by atoms with Gasteiger partial charge in [-0.2, -0.15) is 0 Å². The van der Waals surface area contributed by atoms with Crippen molar-refractivity contribution in [3.63, 3.8) is 0 Å². The Morgan fingerprint density at radius 1 is 1.21 bits per heavy atom. The lowest BCUT2D eigenvalue weighted by molar-refractivity contribution is 0.0513. The molecule has 162 valence electrons. The lowest BCUT2D eigenvalue weighted by Gasteiger charge is -2.22. The van der Waals surface area contributed by atoms with E-state index in [1.165, 1.54) is 25.7 Å². The molecule has 5 atom stereocenters. The second kappa shape index (κ2) is 12.1. The Bertz CT molecular complexity index is 500. The van der Waals surface area contributed by atoms with E-state index in [9.17, 15) is 10.2 Å². The number of nitrogens with one attached hydrogen (secondary N) is 1. The Morgan fingerprint density at radius 2 is 2.04 bits per heavy atom. The Balaban J connectivity index is 1.72. The summed E-state index contributed by atoms with van der Waals surface area (Å²) in [5, 5.41) is 32.9. The topological polar surface area (TPSA) is 72.7 Å². The van der Waals surface area contributed by atoms with Crippen molar-refractivity contribution in [3.8, 4) is 0 Å². The van der Waals surface area contributed by atoms with E-state index in [1.54, 1.807) is 5.57 Å². The first-order valence-electron chi connectivity index (χ1n) is 11.5. The fraction of sp³-hybridized carbons (Fsp3) is 0.833. The minimum atomic E-state index is -0.624. The van der Waals surface area contributed by atoms with Crippen molar-refractivity contribution >= 4 is 0 Å². The number of aliphatic hydroxyl groups is 3. The Hall–Kier alpha value is -0.680. The SMILES string of the molecule is CCCC[C@](C)(O)CC=C[C@@H]1[C@H]2CC(CCCCCNCCO)=C[C@H]2C[C@H]1O. The van der Waals surface area contributed by atoms with Gasteiger partial charge in [-0.1, -0.05) is 50.0 Å². The van der Waals surface area contributed by atoms with Gasteiger partial charge < -0.3 is 20.6 Å². The monoisotopic (exact) mass is 393 g/mol. The maximum Gasteiger partial charge on any atom is 0.0654 e. The number of allylic oxidation sites excluding steroid dienone is 2. The summed E-state index contributed by atoms with van der Waals surface area (Å²) >= 11 is 0. The highest BCUT2D eigenvalue weighted by atomic mass is 16.3. The molecule has 1 saturated carbocycles. The molecule has 0 aliphatic heterocycles. The van der Waals surface area contributed by atoms with Crippen LogP contribution in [0.1, 0.15) is 78.1 Å². The smallest absolute Gasteiger partial charge is 0.0654 e. The number of hydrogen-bond acceptors (Lipinski definition) is 4. The zero-order valence-corrected chi connectivity index (χ0v) is 18.1. The highest BCUT2D eigenvalue weighted by Crippen LogP contribution is 2.48. The van der Waals surface area contributed by atoms with Crippen LogP contribution in [-0.2, 0) is 0 Å². The van der Waals surface area contributed by atoms with Crippen LogP contribution in [0.3, 0.4) is 0 Å². The molecule has 0 heterocycles. The van der Waals surface area contributed by atoms with Crippen LogP contribution in [0.5, 0.6) is 0 Å². The summed E-state index contributed by atoms with van der Waals surface area (Å²) in [6.45, 7) is 5.98. The summed E-state index contributed by atoms with van der Waals surface area (Å²) in [5.74, 6) is 1.32. The zero-order valence-electron chi connectivity index (χ0n) is 18.1. The highest BCUT2D eigenvalue weighted by Gasteiger charge is 2.43. The van der Waals surface area contributed by atoms with Gasteiger partial charge in [-0.25, -0.2) is 0 Å². The number of hydrogen-bond donors (Lipinski definition) is 4. The maximum absolute atomic E-state index is 10.5. The summed E-state index contributed by atoms with van der Waals surface area (Å²) in [5.41, 5.74) is 0.958. The standard InChI is InChI=1S/C24H43NO3/c1-3-4-11-24(2,28)12-8-10-21-22-17-19(16-20(22)18-23(21)27)9-6-5-7-13-25-14-15-26/h8,10,16,20-23,25-28H,3-7,9,11-15,17-18H2,1-2H3/t20-,21+,22-,23+,24-/m0/s1. The summed E-state index contributed by atoms with van der Waals surface area (Å²) in [4.78, 5) is 0. The molecule has 0 amide bonds. The van der Waals surface area contributed by atoms with Crippen LogP contribution in [0.2, 0.25) is 0 Å². The molecule has 2 aliphatic rings. The Labute approximate surface area is 172 Å². The summed E-state index contributed by atoms with van der Waals surface area (Å²) in [7, 11) is 0. The summed E-state index contributed by atoms with van der Waals surface area (Å²) in [6.07, 6.45) is 17.0. The van der Waals surface area contributed by atoms with Gasteiger partial charge in [0, 0.05) is 12.5 Å². The second-order valence-electron chi connectivity index (χ2n) is 9.25. The van der Waals surface area contributed by atoms with Gasteiger partial charge in [0.15, 0.2) is 0 Å². The predicted octanol–water partition coefficient (Wildman–Crippen LogP) is 3.96. The van der Waals surface area contributed by atoms with E-state index in [0.717, 1.165) is 38.6 Å². The zero-order chi connectivity index (χ0) is 20.4. The molecule has 0 aromatic heterocycles. The number of rotatable bonds is 14. The fourth-order valence-electron chi connectivity index (χ4n) is 4.91. The molecule has 0 saturated heterocycles. The van der Waals surface area contributed by atoms with E-state index in [2.05, 4.69) is 30.5 Å². The molecule has 1 fully saturated rings. The first-order valence-corrected chi connectivity index (χ1v) is 11.5. The number of aliphatic hydroxyl groups excluding tert-OH is 2. The Kier molecular flexibility index (Phi) is 10.2. The van der Waals surface area contributed by atoms with Gasteiger partial charge in [-0.05, 0) is 70.3 Å². The molecule has 0 aromatic carbocycles. The molecular weight excluding hydrogens is 350 g/mol. The van der Waals surface area contributed by atoms with Crippen molar-refractivity contribution in [2.24, 2.45) is 17.8 Å². The minimum absolute atomic E-state index is 0.216. The normalized spacial score (nSPS) is 29.2. The molecule has 0 radical (unpaired) electrons. The fourth-order valence-corrected chi connectivity index (χ4v) is 4.91. The summed E-state index contributed by atoms with van der Waals surface area (Å²) < 4.78 is 0. The van der Waals surface area contributed by atoms with E-state index in [0.29, 0.717) is 24.8 Å². The van der Waals surface area contributed by atoms with Crippen LogP contribution < -0.4 is 5.32 Å². The van der Waals surface area contributed by atoms with E-state index in [4.69, 9.17) is 5.11 Å². The van der Waals surface area contributed by atoms with Gasteiger partial charge in [0.25, 0.3) is 0 Å². The van der Waals surface area contributed by atoms with E-state index in [1.807, 2.05) is 6.92 Å². The van der Waals surface area contributed by atoms with Crippen molar-refractivity contribution in [1.82, 2.24) is 5.32 Å². The van der Waals surface area contributed by atoms with Crippen molar-refractivity contribution in [2.45, 2.75) is 89.8 Å². The van der Waals surface area contributed by atoms with Crippen molar-refractivity contribution < 1.29 is 15.3 Å². The van der Waals surface area contributed by atoms with Gasteiger partial charge >= 0.3 is 0 Å². The average molecular weight is 394 g/mol. The molecular formula is C24H43NO3. The highest BCUT2D eigenvalue weighted by molar-refractivity contribution is 5.20. The molecule has 28 heavy (non-hydrogen) atoms. The van der Waals surface area contributed by atoms with Crippen LogP contribution in [-0.4, -0.2) is 46.7 Å². The molecule has 2 aliphatic carbocycles. The lowest BCUT2D eigenvalue weighted by atomic mass is 9.87. The van der Waals surface area contributed by atoms with E-state index in [-0.39, 0.29) is 18.6 Å². The molecule has 0 spiro atoms. The van der Waals surface area contributed by atoms with Gasteiger partial charge in [-0.15, -0.1) is 0 Å². The first-order chi connectivity index (χ1) is 13.5. The second-order valence-corrected chi connectivity index (χ2v) is 9.25. The molecule has 4 N–H and O–H groups in total. The third-order valence-electron chi connectivity index (χ3n) is 6.57. The van der Waals surface area contributed by atoms with Crippen LogP contribution in [0.25, 0.3) is 0 Å². The minimum Gasteiger partial charge on any atom is -0.395 e. The predicted molar refractivity (Wildman–Crippen MR) is 116 cm³/mol. The third kappa shape index (κ3) is 7.62. The molecule has 0 aromatic rings. The quantitative estimate of drug-likeness (QED) is 0.266. The van der Waals surface area contributed by atoms with Crippen LogP contribution in [0.15, 0.2) is 23.8 Å². The molecule has 0 unspecified atom stereocenters. The van der Waals surface area contributed by atoms with Crippen molar-refractivity contribution in [2.75, 3.05) is 19.7 Å². The number of fused-ring (bicyclic) bond motifs is 1. The van der Waals surface area contributed by atoms with Gasteiger partial charge in [0.1, 0.15) is 0 Å². The van der Waals surface area contributed by atoms with Gasteiger partial charge in [0.2, 0.25) is 0 Å². The first kappa shape index (κ1) is 23.6. The lowest BCUT2D eigenvalue weighted by Crippen LogP contribution is -2.23.